The lowest BCUT2D eigenvalue weighted by Gasteiger charge is -2.04. The van der Waals surface area contributed by atoms with Crippen LogP contribution in [-0.2, 0) is 6.42 Å². The average Bonchev–Trinajstić information content (AvgIpc) is 2.83. The summed E-state index contributed by atoms with van der Waals surface area (Å²) in [5.74, 6) is 0.0703. The second-order valence-corrected chi connectivity index (χ2v) is 5.49. The second-order valence-electron chi connectivity index (χ2n) is 4.35. The van der Waals surface area contributed by atoms with Gasteiger partial charge in [0.25, 0.3) is 5.56 Å². The van der Waals surface area contributed by atoms with Crippen molar-refractivity contribution in [2.24, 2.45) is 0 Å². The Bertz CT molecular complexity index is 787. The minimum Gasteiger partial charge on any atom is -0.506 e. The summed E-state index contributed by atoms with van der Waals surface area (Å²) in [6, 6.07) is 11.2. The van der Waals surface area contributed by atoms with Crippen LogP contribution in [0.4, 0.5) is 0 Å². The second kappa shape index (κ2) is 4.55. The van der Waals surface area contributed by atoms with Crippen molar-refractivity contribution >= 4 is 21.6 Å². The lowest BCUT2D eigenvalue weighted by atomic mass is 10.1. The molecule has 2 N–H and O–H groups in total. The summed E-state index contributed by atoms with van der Waals surface area (Å²) >= 11 is 1.51. The summed E-state index contributed by atoms with van der Waals surface area (Å²) in [5, 5.41) is 11.1. The number of hydrogen-bond acceptors (Lipinski definition) is 3. The van der Waals surface area contributed by atoms with E-state index in [9.17, 15) is 9.90 Å². The van der Waals surface area contributed by atoms with Gasteiger partial charge in [-0.05, 0) is 18.1 Å². The SMILES string of the molecule is CCc1cc2c(O)c(-c3ccccc3)c(=O)[nH]c2s1. The quantitative estimate of drug-likeness (QED) is 0.749. The number of rotatable bonds is 2. The Morgan fingerprint density at radius 1 is 1.26 bits per heavy atom. The number of aromatic amines is 1. The molecular formula is C15H13NO2S. The smallest absolute Gasteiger partial charge is 0.260 e. The van der Waals surface area contributed by atoms with Crippen LogP contribution in [0.5, 0.6) is 5.75 Å². The molecule has 0 saturated heterocycles. The maximum atomic E-state index is 12.1. The monoisotopic (exact) mass is 271 g/mol. The van der Waals surface area contributed by atoms with E-state index in [-0.39, 0.29) is 11.3 Å². The molecule has 2 heterocycles. The summed E-state index contributed by atoms with van der Waals surface area (Å²) in [6.07, 6.45) is 0.890. The predicted octanol–water partition coefficient (Wildman–Crippen LogP) is 3.52. The van der Waals surface area contributed by atoms with E-state index < -0.39 is 0 Å². The first-order valence-corrected chi connectivity index (χ1v) is 6.95. The van der Waals surface area contributed by atoms with Gasteiger partial charge in [-0.25, -0.2) is 0 Å². The third-order valence-electron chi connectivity index (χ3n) is 3.14. The third-order valence-corrected chi connectivity index (χ3v) is 4.33. The van der Waals surface area contributed by atoms with Gasteiger partial charge in [-0.2, -0.15) is 0 Å². The molecule has 0 aliphatic rings. The van der Waals surface area contributed by atoms with Crippen LogP contribution in [0.25, 0.3) is 21.3 Å². The molecule has 96 valence electrons. The molecule has 3 rings (SSSR count). The molecule has 2 aromatic heterocycles. The number of thiophene rings is 1. The molecule has 1 aromatic carbocycles. The van der Waals surface area contributed by atoms with Crippen LogP contribution in [0, 0.1) is 0 Å². The van der Waals surface area contributed by atoms with E-state index >= 15 is 0 Å². The Kier molecular flexibility index (Phi) is 2.87. The highest BCUT2D eigenvalue weighted by Gasteiger charge is 2.15. The highest BCUT2D eigenvalue weighted by Crippen LogP contribution is 2.35. The van der Waals surface area contributed by atoms with E-state index in [1.54, 1.807) is 0 Å². The van der Waals surface area contributed by atoms with Gasteiger partial charge in [0.2, 0.25) is 0 Å². The van der Waals surface area contributed by atoms with E-state index in [1.165, 1.54) is 11.3 Å². The molecule has 0 aliphatic heterocycles. The first-order valence-electron chi connectivity index (χ1n) is 6.13. The topological polar surface area (TPSA) is 53.1 Å². The molecule has 0 aliphatic carbocycles. The highest BCUT2D eigenvalue weighted by atomic mass is 32.1. The maximum Gasteiger partial charge on any atom is 0.260 e. The zero-order valence-electron chi connectivity index (χ0n) is 10.4. The first-order chi connectivity index (χ1) is 9.20. The van der Waals surface area contributed by atoms with E-state index in [2.05, 4.69) is 11.9 Å². The van der Waals surface area contributed by atoms with Crippen molar-refractivity contribution < 1.29 is 5.11 Å². The van der Waals surface area contributed by atoms with Crippen LogP contribution in [0.2, 0.25) is 0 Å². The average molecular weight is 271 g/mol. The number of aromatic nitrogens is 1. The van der Waals surface area contributed by atoms with Crippen molar-refractivity contribution in [3.05, 3.63) is 51.6 Å². The van der Waals surface area contributed by atoms with Crippen LogP contribution in [0.15, 0.2) is 41.2 Å². The molecule has 0 amide bonds. The van der Waals surface area contributed by atoms with Gasteiger partial charge < -0.3 is 10.1 Å². The van der Waals surface area contributed by atoms with Crippen LogP contribution in [-0.4, -0.2) is 10.1 Å². The zero-order chi connectivity index (χ0) is 13.4. The molecular weight excluding hydrogens is 258 g/mol. The fourth-order valence-corrected chi connectivity index (χ4v) is 3.16. The van der Waals surface area contributed by atoms with Crippen molar-refractivity contribution in [2.75, 3.05) is 0 Å². The molecule has 0 unspecified atom stereocenters. The van der Waals surface area contributed by atoms with E-state index in [1.807, 2.05) is 36.4 Å². The predicted molar refractivity (Wildman–Crippen MR) is 78.9 cm³/mol. The van der Waals surface area contributed by atoms with Crippen molar-refractivity contribution in [3.8, 4) is 16.9 Å². The molecule has 0 saturated carbocycles. The third kappa shape index (κ3) is 1.94. The zero-order valence-corrected chi connectivity index (χ0v) is 11.3. The summed E-state index contributed by atoms with van der Waals surface area (Å²) in [5.41, 5.74) is 0.821. The van der Waals surface area contributed by atoms with Gasteiger partial charge in [0, 0.05) is 4.88 Å². The van der Waals surface area contributed by atoms with Gasteiger partial charge in [0.05, 0.1) is 10.9 Å². The molecule has 4 heteroatoms. The van der Waals surface area contributed by atoms with Crippen molar-refractivity contribution in [2.45, 2.75) is 13.3 Å². The molecule has 3 nitrogen and oxygen atoms in total. The summed E-state index contributed by atoms with van der Waals surface area (Å²) in [4.78, 5) is 16.9. The van der Waals surface area contributed by atoms with Gasteiger partial charge >= 0.3 is 0 Å². The lowest BCUT2D eigenvalue weighted by Crippen LogP contribution is -2.08. The number of aromatic hydroxyl groups is 1. The van der Waals surface area contributed by atoms with Crippen LogP contribution in [0.1, 0.15) is 11.8 Å². The van der Waals surface area contributed by atoms with Crippen LogP contribution >= 0.6 is 11.3 Å². The summed E-state index contributed by atoms with van der Waals surface area (Å²) in [6.45, 7) is 2.05. The number of aryl methyl sites for hydroxylation is 1. The van der Waals surface area contributed by atoms with E-state index in [0.717, 1.165) is 27.1 Å². The van der Waals surface area contributed by atoms with Gasteiger partial charge in [-0.15, -0.1) is 11.3 Å². The van der Waals surface area contributed by atoms with Gasteiger partial charge in [0.15, 0.2) is 0 Å². The Morgan fingerprint density at radius 2 is 2.00 bits per heavy atom. The van der Waals surface area contributed by atoms with E-state index in [4.69, 9.17) is 0 Å². The minimum absolute atomic E-state index is 0.0703. The lowest BCUT2D eigenvalue weighted by molar-refractivity contribution is 0.482. The minimum atomic E-state index is -0.249. The van der Waals surface area contributed by atoms with Crippen LogP contribution < -0.4 is 5.56 Å². The van der Waals surface area contributed by atoms with Gasteiger partial charge in [-0.1, -0.05) is 37.3 Å². The molecule has 0 spiro atoms. The molecule has 0 bridgehead atoms. The Labute approximate surface area is 114 Å². The number of hydrogen-bond donors (Lipinski definition) is 2. The van der Waals surface area contributed by atoms with Crippen molar-refractivity contribution in [1.82, 2.24) is 4.98 Å². The number of pyridine rings is 1. The molecule has 0 fully saturated rings. The van der Waals surface area contributed by atoms with Crippen molar-refractivity contribution in [3.63, 3.8) is 0 Å². The van der Waals surface area contributed by atoms with Crippen LogP contribution in [0.3, 0.4) is 0 Å². The molecule has 0 atom stereocenters. The van der Waals surface area contributed by atoms with E-state index in [0.29, 0.717) is 5.56 Å². The number of nitrogens with one attached hydrogen (secondary N) is 1. The first kappa shape index (κ1) is 12.0. The maximum absolute atomic E-state index is 12.1. The van der Waals surface area contributed by atoms with Gasteiger partial charge in [0.1, 0.15) is 10.6 Å². The number of benzene rings is 1. The normalized spacial score (nSPS) is 11.0. The Morgan fingerprint density at radius 3 is 2.68 bits per heavy atom. The Balaban J connectivity index is 2.34. The summed E-state index contributed by atoms with van der Waals surface area (Å²) in [7, 11) is 0. The van der Waals surface area contributed by atoms with Gasteiger partial charge in [-0.3, -0.25) is 4.79 Å². The fraction of sp³-hybridized carbons (Fsp3) is 0.133. The molecule has 0 radical (unpaired) electrons. The summed E-state index contributed by atoms with van der Waals surface area (Å²) < 4.78 is 0. The molecule has 3 aromatic rings. The standard InChI is InChI=1S/C15H13NO2S/c1-2-10-8-11-13(17)12(9-6-4-3-5-7-9)14(18)16-15(11)19-10/h3-8H,2H2,1H3,(H2,16,17,18). The number of fused-ring (bicyclic) bond motifs is 1. The largest absolute Gasteiger partial charge is 0.506 e. The fourth-order valence-electron chi connectivity index (χ4n) is 2.17. The van der Waals surface area contributed by atoms with Crippen molar-refractivity contribution in [1.29, 1.82) is 0 Å². The molecule has 19 heavy (non-hydrogen) atoms. The Hall–Kier alpha value is -2.07. The highest BCUT2D eigenvalue weighted by molar-refractivity contribution is 7.18. The number of H-pyrrole nitrogens is 1.